The van der Waals surface area contributed by atoms with Gasteiger partial charge in [0.25, 0.3) is 0 Å². The molecule has 2 aliphatic heterocycles. The van der Waals surface area contributed by atoms with Crippen LogP contribution in [0, 0.1) is 0 Å². The Bertz CT molecular complexity index is 1620. The van der Waals surface area contributed by atoms with Crippen LogP contribution in [0.1, 0.15) is 24.4 Å². The lowest BCUT2D eigenvalue weighted by atomic mass is 10.0. The lowest BCUT2D eigenvalue weighted by molar-refractivity contribution is -0.127. The average Bonchev–Trinajstić information content (AvgIpc) is 3.72. The van der Waals surface area contributed by atoms with E-state index in [1.165, 1.54) is 16.7 Å². The number of para-hydroxylation sites is 1. The molecular formula is C31H33N5O7. The summed E-state index contributed by atoms with van der Waals surface area (Å²) in [5.74, 6) is 1.18. The van der Waals surface area contributed by atoms with Gasteiger partial charge in [0.1, 0.15) is 42.8 Å². The number of hydrogen-bond acceptors (Lipinski definition) is 9. The maximum Gasteiger partial charge on any atom is 0.249 e. The molecule has 43 heavy (non-hydrogen) atoms. The first-order valence-corrected chi connectivity index (χ1v) is 14.2. The number of carbonyl (C=O) groups is 2. The molecule has 3 heterocycles. The standard InChI is InChI=1S/C31H33N5O7/c1-39-21-10-11-23(27(17-21)40-2)30(31(38)32-18-22-6-5-13-41-22)36(20-9-12-26-28(16-20)43-15-14-42-26)29(37)19-35-25-8-4-3-7-24(25)33-34-35/h3-4,7-12,16-17,22,30H,5-6,13-15,18-19H2,1-2H3,(H,32,38)/t22-,30-/m0/s1. The minimum Gasteiger partial charge on any atom is -0.497 e. The molecule has 2 amide bonds. The third kappa shape index (κ3) is 5.91. The molecule has 0 unspecified atom stereocenters. The summed E-state index contributed by atoms with van der Waals surface area (Å²) >= 11 is 0. The minimum absolute atomic E-state index is 0.0951. The van der Waals surface area contributed by atoms with E-state index >= 15 is 0 Å². The molecule has 1 fully saturated rings. The van der Waals surface area contributed by atoms with Crippen molar-refractivity contribution < 1.29 is 33.3 Å². The van der Waals surface area contributed by atoms with Crippen LogP contribution in [0.25, 0.3) is 11.0 Å². The maximum atomic E-state index is 14.4. The molecule has 1 aromatic heterocycles. The molecule has 1 N–H and O–H groups in total. The van der Waals surface area contributed by atoms with E-state index in [4.69, 9.17) is 23.7 Å². The predicted octanol–water partition coefficient (Wildman–Crippen LogP) is 3.29. The lowest BCUT2D eigenvalue weighted by Gasteiger charge is -2.33. The van der Waals surface area contributed by atoms with E-state index < -0.39 is 17.9 Å². The van der Waals surface area contributed by atoms with Gasteiger partial charge in [-0.05, 0) is 49.2 Å². The molecule has 3 aromatic carbocycles. The van der Waals surface area contributed by atoms with Crippen LogP contribution < -0.4 is 29.2 Å². The van der Waals surface area contributed by atoms with Crippen molar-refractivity contribution in [3.63, 3.8) is 0 Å². The first-order valence-electron chi connectivity index (χ1n) is 14.2. The molecule has 0 radical (unpaired) electrons. The summed E-state index contributed by atoms with van der Waals surface area (Å²) in [6.07, 6.45) is 1.69. The molecule has 0 saturated carbocycles. The number of rotatable bonds is 10. The number of nitrogens with one attached hydrogen (secondary N) is 1. The quantitative estimate of drug-likeness (QED) is 0.297. The van der Waals surface area contributed by atoms with Gasteiger partial charge in [0.15, 0.2) is 11.5 Å². The van der Waals surface area contributed by atoms with Crippen molar-refractivity contribution in [1.82, 2.24) is 20.3 Å². The second-order valence-corrected chi connectivity index (χ2v) is 10.2. The Morgan fingerprint density at radius 3 is 2.65 bits per heavy atom. The monoisotopic (exact) mass is 587 g/mol. The molecule has 12 nitrogen and oxygen atoms in total. The second-order valence-electron chi connectivity index (χ2n) is 10.2. The maximum absolute atomic E-state index is 14.4. The van der Waals surface area contributed by atoms with Crippen LogP contribution in [0.5, 0.6) is 23.0 Å². The highest BCUT2D eigenvalue weighted by atomic mass is 16.6. The van der Waals surface area contributed by atoms with Crippen molar-refractivity contribution in [2.75, 3.05) is 45.5 Å². The Morgan fingerprint density at radius 1 is 1.02 bits per heavy atom. The molecule has 0 spiro atoms. The van der Waals surface area contributed by atoms with Gasteiger partial charge in [0.2, 0.25) is 11.8 Å². The molecule has 2 aliphatic rings. The molecule has 6 rings (SSSR count). The van der Waals surface area contributed by atoms with Gasteiger partial charge in [-0.25, -0.2) is 4.68 Å². The fourth-order valence-corrected chi connectivity index (χ4v) is 5.42. The Hall–Kier alpha value is -4.84. The first-order chi connectivity index (χ1) is 21.1. The molecule has 12 heteroatoms. The van der Waals surface area contributed by atoms with E-state index in [-0.39, 0.29) is 12.6 Å². The third-order valence-corrected chi connectivity index (χ3v) is 7.55. The summed E-state index contributed by atoms with van der Waals surface area (Å²) in [6.45, 7) is 1.58. The summed E-state index contributed by atoms with van der Waals surface area (Å²) in [7, 11) is 3.06. The molecule has 0 bridgehead atoms. The molecular weight excluding hydrogens is 554 g/mol. The number of methoxy groups -OCH3 is 2. The van der Waals surface area contributed by atoms with Crippen LogP contribution in [-0.2, 0) is 20.9 Å². The summed E-state index contributed by atoms with van der Waals surface area (Å²) in [5.41, 5.74) is 2.26. The first kappa shape index (κ1) is 28.3. The number of carbonyl (C=O) groups excluding carboxylic acids is 2. The van der Waals surface area contributed by atoms with Crippen molar-refractivity contribution in [1.29, 1.82) is 0 Å². The van der Waals surface area contributed by atoms with Crippen LogP contribution >= 0.6 is 0 Å². The van der Waals surface area contributed by atoms with Gasteiger partial charge >= 0.3 is 0 Å². The van der Waals surface area contributed by atoms with E-state index in [2.05, 4.69) is 15.6 Å². The zero-order valence-corrected chi connectivity index (χ0v) is 24.0. The summed E-state index contributed by atoms with van der Waals surface area (Å²) in [6, 6.07) is 16.6. The zero-order valence-electron chi connectivity index (χ0n) is 24.0. The van der Waals surface area contributed by atoms with Crippen molar-refractivity contribution in [3.8, 4) is 23.0 Å². The highest BCUT2D eigenvalue weighted by Gasteiger charge is 2.36. The third-order valence-electron chi connectivity index (χ3n) is 7.55. The van der Waals surface area contributed by atoms with Crippen molar-refractivity contribution in [2.45, 2.75) is 31.5 Å². The van der Waals surface area contributed by atoms with Gasteiger partial charge in [0, 0.05) is 36.5 Å². The van der Waals surface area contributed by atoms with Gasteiger partial charge in [-0.2, -0.15) is 0 Å². The minimum atomic E-state index is -1.13. The molecule has 4 aromatic rings. The van der Waals surface area contributed by atoms with Gasteiger partial charge in [-0.15, -0.1) is 5.10 Å². The number of nitrogens with zero attached hydrogens (tertiary/aromatic N) is 4. The molecule has 0 aliphatic carbocycles. The van der Waals surface area contributed by atoms with E-state index in [0.717, 1.165) is 12.8 Å². The van der Waals surface area contributed by atoms with E-state index in [9.17, 15) is 9.59 Å². The fourth-order valence-electron chi connectivity index (χ4n) is 5.42. The van der Waals surface area contributed by atoms with Crippen LogP contribution in [0.2, 0.25) is 0 Å². The number of amides is 2. The normalized spacial score (nSPS) is 16.5. The largest absolute Gasteiger partial charge is 0.497 e. The number of anilines is 1. The number of benzene rings is 3. The zero-order chi connectivity index (χ0) is 29.8. The van der Waals surface area contributed by atoms with Crippen LogP contribution in [-0.4, -0.2) is 73.5 Å². The Labute approximate surface area is 248 Å². The van der Waals surface area contributed by atoms with E-state index in [0.29, 0.717) is 71.6 Å². The van der Waals surface area contributed by atoms with Crippen LogP contribution in [0.4, 0.5) is 5.69 Å². The summed E-state index contributed by atoms with van der Waals surface area (Å²) in [4.78, 5) is 30.1. The number of ether oxygens (including phenoxy) is 5. The fraction of sp³-hybridized carbons (Fsp3) is 0.355. The number of hydrogen-bond donors (Lipinski definition) is 1. The van der Waals surface area contributed by atoms with Crippen molar-refractivity contribution >= 4 is 28.5 Å². The van der Waals surface area contributed by atoms with E-state index in [1.54, 1.807) is 43.5 Å². The highest BCUT2D eigenvalue weighted by Crippen LogP contribution is 2.40. The van der Waals surface area contributed by atoms with Crippen molar-refractivity contribution in [2.24, 2.45) is 0 Å². The highest BCUT2D eigenvalue weighted by molar-refractivity contribution is 6.02. The second kappa shape index (κ2) is 12.6. The van der Waals surface area contributed by atoms with Gasteiger partial charge < -0.3 is 29.0 Å². The smallest absolute Gasteiger partial charge is 0.249 e. The number of fused-ring (bicyclic) bond motifs is 2. The SMILES string of the molecule is COc1ccc([C@@H](C(=O)NC[C@@H]2CCCO2)N(C(=O)Cn2nnc3ccccc32)c2ccc3c(c2)OCCO3)c(OC)c1. The molecule has 1 saturated heterocycles. The van der Waals surface area contributed by atoms with Crippen LogP contribution in [0.15, 0.2) is 60.7 Å². The molecule has 224 valence electrons. The van der Waals surface area contributed by atoms with Gasteiger partial charge in [-0.3, -0.25) is 14.5 Å². The topological polar surface area (TPSA) is 126 Å². The summed E-state index contributed by atoms with van der Waals surface area (Å²) < 4.78 is 30.0. The average molecular weight is 588 g/mol. The molecule has 2 atom stereocenters. The van der Waals surface area contributed by atoms with Gasteiger partial charge in [-0.1, -0.05) is 17.3 Å². The summed E-state index contributed by atoms with van der Waals surface area (Å²) in [5, 5.41) is 11.4. The lowest BCUT2D eigenvalue weighted by Crippen LogP contribution is -2.46. The number of aromatic nitrogens is 3. The van der Waals surface area contributed by atoms with E-state index in [1.807, 2.05) is 24.3 Å². The van der Waals surface area contributed by atoms with Gasteiger partial charge in [0.05, 0.1) is 25.8 Å². The van der Waals surface area contributed by atoms with Crippen LogP contribution in [0.3, 0.4) is 0 Å². The predicted molar refractivity (Wildman–Crippen MR) is 157 cm³/mol. The van der Waals surface area contributed by atoms with Crippen molar-refractivity contribution in [3.05, 3.63) is 66.2 Å². The Morgan fingerprint density at radius 2 is 1.86 bits per heavy atom. The Balaban J connectivity index is 1.45. The Kier molecular flexibility index (Phi) is 8.27.